The summed E-state index contributed by atoms with van der Waals surface area (Å²) < 4.78 is 19.1. The first-order chi connectivity index (χ1) is 11.6. The molecule has 1 aromatic heterocycles. The molecule has 5 heteroatoms. The van der Waals surface area contributed by atoms with Gasteiger partial charge in [-0.3, -0.25) is 4.79 Å². The summed E-state index contributed by atoms with van der Waals surface area (Å²) in [5.74, 6) is -0.225. The number of halogens is 1. The molecule has 0 bridgehead atoms. The van der Waals surface area contributed by atoms with Gasteiger partial charge in [-0.25, -0.2) is 4.39 Å². The van der Waals surface area contributed by atoms with Crippen LogP contribution in [0.2, 0.25) is 0 Å². The van der Waals surface area contributed by atoms with Crippen molar-refractivity contribution in [2.24, 2.45) is 0 Å². The number of hydrogen-bond donors (Lipinski definition) is 2. The van der Waals surface area contributed by atoms with Crippen LogP contribution >= 0.6 is 0 Å². The monoisotopic (exact) mass is 324 g/mol. The minimum absolute atomic E-state index is 0.285. The normalized spacial score (nSPS) is 14.6. The van der Waals surface area contributed by atoms with E-state index in [1.54, 1.807) is 12.1 Å². The van der Waals surface area contributed by atoms with E-state index in [4.69, 9.17) is 4.74 Å². The molecular weight excluding hydrogens is 307 g/mol. The molecular formula is C19H17FN2O2. The Morgan fingerprint density at radius 1 is 1.25 bits per heavy atom. The Labute approximate surface area is 138 Å². The number of aromatic amines is 1. The summed E-state index contributed by atoms with van der Waals surface area (Å²) in [6, 6.07) is 12.4. The van der Waals surface area contributed by atoms with Crippen LogP contribution in [0.25, 0.3) is 10.9 Å². The maximum Gasteiger partial charge on any atom is 0.272 e. The van der Waals surface area contributed by atoms with Crippen molar-refractivity contribution in [1.29, 1.82) is 0 Å². The summed E-state index contributed by atoms with van der Waals surface area (Å²) in [4.78, 5) is 15.5. The topological polar surface area (TPSA) is 54.1 Å². The number of amides is 1. The Kier molecular flexibility index (Phi) is 3.58. The first-order valence-electron chi connectivity index (χ1n) is 7.89. The van der Waals surface area contributed by atoms with Crippen molar-refractivity contribution in [3.8, 4) is 0 Å². The molecule has 2 aromatic carbocycles. The molecule has 24 heavy (non-hydrogen) atoms. The molecule has 1 saturated heterocycles. The van der Waals surface area contributed by atoms with Gasteiger partial charge in [-0.05, 0) is 42.3 Å². The van der Waals surface area contributed by atoms with Crippen LogP contribution in [0, 0.1) is 12.7 Å². The van der Waals surface area contributed by atoms with Gasteiger partial charge in [0.05, 0.1) is 18.7 Å². The van der Waals surface area contributed by atoms with E-state index in [-0.39, 0.29) is 11.7 Å². The highest BCUT2D eigenvalue weighted by atomic mass is 19.1. The summed E-state index contributed by atoms with van der Waals surface area (Å²) >= 11 is 0. The quantitative estimate of drug-likeness (QED) is 0.765. The molecule has 1 aliphatic rings. The second-order valence-electron chi connectivity index (χ2n) is 6.15. The van der Waals surface area contributed by atoms with E-state index < -0.39 is 0 Å². The maximum absolute atomic E-state index is 13.9. The molecule has 4 nitrogen and oxygen atoms in total. The van der Waals surface area contributed by atoms with Crippen LogP contribution in [-0.4, -0.2) is 24.1 Å². The zero-order valence-electron chi connectivity index (χ0n) is 13.2. The van der Waals surface area contributed by atoms with Crippen molar-refractivity contribution < 1.29 is 13.9 Å². The first-order valence-corrected chi connectivity index (χ1v) is 7.89. The Bertz CT molecular complexity index is 889. The van der Waals surface area contributed by atoms with E-state index in [1.165, 1.54) is 6.07 Å². The van der Waals surface area contributed by atoms with Crippen LogP contribution in [0.3, 0.4) is 0 Å². The van der Waals surface area contributed by atoms with Gasteiger partial charge >= 0.3 is 0 Å². The number of aryl methyl sites for hydroxylation is 1. The maximum atomic E-state index is 13.9. The number of carbonyl (C=O) groups is 1. The van der Waals surface area contributed by atoms with E-state index in [0.717, 1.165) is 30.0 Å². The molecule has 2 N–H and O–H groups in total. The molecule has 0 radical (unpaired) electrons. The van der Waals surface area contributed by atoms with Crippen molar-refractivity contribution in [3.05, 3.63) is 65.1 Å². The van der Waals surface area contributed by atoms with Gasteiger partial charge in [0.1, 0.15) is 11.5 Å². The fourth-order valence-corrected chi connectivity index (χ4v) is 2.94. The van der Waals surface area contributed by atoms with Gasteiger partial charge < -0.3 is 15.0 Å². The van der Waals surface area contributed by atoms with Crippen LogP contribution in [0.1, 0.15) is 27.5 Å². The highest BCUT2D eigenvalue weighted by Crippen LogP contribution is 2.27. The van der Waals surface area contributed by atoms with Gasteiger partial charge in [0.2, 0.25) is 0 Å². The van der Waals surface area contributed by atoms with Gasteiger partial charge in [0.15, 0.2) is 0 Å². The average Bonchev–Trinajstić information content (AvgIpc) is 2.96. The fraction of sp³-hybridized carbons (Fsp3) is 0.211. The molecule has 2 heterocycles. The largest absolute Gasteiger partial charge is 0.380 e. The van der Waals surface area contributed by atoms with Crippen LogP contribution < -0.4 is 5.32 Å². The minimum atomic E-state index is -0.335. The number of carbonyl (C=O) groups excluding carboxylic acids is 1. The predicted molar refractivity (Wildman–Crippen MR) is 90.9 cm³/mol. The Morgan fingerprint density at radius 3 is 2.79 bits per heavy atom. The Balaban J connectivity index is 1.60. The second-order valence-corrected chi connectivity index (χ2v) is 6.15. The molecule has 0 spiro atoms. The van der Waals surface area contributed by atoms with Gasteiger partial charge in [-0.15, -0.1) is 0 Å². The summed E-state index contributed by atoms with van der Waals surface area (Å²) in [5.41, 5.74) is 3.77. The zero-order chi connectivity index (χ0) is 16.7. The fourth-order valence-electron chi connectivity index (χ4n) is 2.94. The molecule has 0 saturated carbocycles. The van der Waals surface area contributed by atoms with Crippen LogP contribution in [0.5, 0.6) is 0 Å². The van der Waals surface area contributed by atoms with Crippen LogP contribution in [-0.2, 0) is 4.74 Å². The molecule has 0 aliphatic carbocycles. The number of anilines is 1. The molecule has 3 aromatic rings. The van der Waals surface area contributed by atoms with E-state index in [0.29, 0.717) is 22.5 Å². The molecule has 1 amide bonds. The van der Waals surface area contributed by atoms with Crippen LogP contribution in [0.4, 0.5) is 10.1 Å². The van der Waals surface area contributed by atoms with Crippen molar-refractivity contribution >= 4 is 22.5 Å². The lowest BCUT2D eigenvalue weighted by molar-refractivity contribution is 0.00845. The summed E-state index contributed by atoms with van der Waals surface area (Å²) in [7, 11) is 0. The third-order valence-corrected chi connectivity index (χ3v) is 4.45. The predicted octanol–water partition coefficient (Wildman–Crippen LogP) is 3.98. The van der Waals surface area contributed by atoms with E-state index in [2.05, 4.69) is 10.3 Å². The van der Waals surface area contributed by atoms with Gasteiger partial charge in [0, 0.05) is 17.0 Å². The smallest absolute Gasteiger partial charge is 0.272 e. The van der Waals surface area contributed by atoms with Crippen molar-refractivity contribution in [1.82, 2.24) is 4.98 Å². The average molecular weight is 324 g/mol. The standard InChI is InChI=1S/C19H17FN2O2/c1-11-5-6-16(20)15-8-17(22-18(11)15)19(23)21-14-4-2-3-12(7-14)13-9-24-10-13/h2-8,13,22H,9-10H2,1H3,(H,21,23). The Morgan fingerprint density at radius 2 is 2.08 bits per heavy atom. The first kappa shape index (κ1) is 14.9. The van der Waals surface area contributed by atoms with Gasteiger partial charge in [-0.2, -0.15) is 0 Å². The third-order valence-electron chi connectivity index (χ3n) is 4.45. The number of hydrogen-bond acceptors (Lipinski definition) is 2. The van der Waals surface area contributed by atoms with E-state index in [1.807, 2.05) is 31.2 Å². The second kappa shape index (κ2) is 5.76. The lowest BCUT2D eigenvalue weighted by Crippen LogP contribution is -2.25. The SMILES string of the molecule is Cc1ccc(F)c2cc(C(=O)Nc3cccc(C4COC4)c3)[nH]c12. The number of H-pyrrole nitrogens is 1. The van der Waals surface area contributed by atoms with Gasteiger partial charge in [0.25, 0.3) is 5.91 Å². The number of aromatic nitrogens is 1. The van der Waals surface area contributed by atoms with Gasteiger partial charge in [-0.1, -0.05) is 18.2 Å². The highest BCUT2D eigenvalue weighted by molar-refractivity contribution is 6.06. The van der Waals surface area contributed by atoms with Crippen LogP contribution in [0.15, 0.2) is 42.5 Å². The molecule has 0 unspecified atom stereocenters. The minimum Gasteiger partial charge on any atom is -0.380 e. The van der Waals surface area contributed by atoms with E-state index in [9.17, 15) is 9.18 Å². The summed E-state index contributed by atoms with van der Waals surface area (Å²) in [6.45, 7) is 3.32. The lowest BCUT2D eigenvalue weighted by atomic mass is 9.97. The van der Waals surface area contributed by atoms with Crippen molar-refractivity contribution in [2.75, 3.05) is 18.5 Å². The Hall–Kier alpha value is -2.66. The molecule has 122 valence electrons. The van der Waals surface area contributed by atoms with E-state index >= 15 is 0 Å². The summed E-state index contributed by atoms with van der Waals surface area (Å²) in [6.07, 6.45) is 0. The number of fused-ring (bicyclic) bond motifs is 1. The van der Waals surface area contributed by atoms with Crippen molar-refractivity contribution in [2.45, 2.75) is 12.8 Å². The molecule has 1 fully saturated rings. The molecule has 1 aliphatic heterocycles. The summed E-state index contributed by atoms with van der Waals surface area (Å²) in [5, 5.41) is 3.30. The third kappa shape index (κ3) is 2.57. The highest BCUT2D eigenvalue weighted by Gasteiger charge is 2.21. The molecule has 0 atom stereocenters. The molecule has 4 rings (SSSR count). The number of ether oxygens (including phenoxy) is 1. The number of nitrogens with one attached hydrogen (secondary N) is 2. The number of benzene rings is 2. The number of rotatable bonds is 3. The lowest BCUT2D eigenvalue weighted by Gasteiger charge is -2.26. The van der Waals surface area contributed by atoms with Crippen molar-refractivity contribution in [3.63, 3.8) is 0 Å². The zero-order valence-corrected chi connectivity index (χ0v) is 13.2.